The molecule has 0 aromatic carbocycles. The van der Waals surface area contributed by atoms with E-state index < -0.39 is 10.0 Å². The Morgan fingerprint density at radius 1 is 0.971 bits per heavy atom. The molecule has 3 aliphatic rings. The minimum atomic E-state index is -3.19. The van der Waals surface area contributed by atoms with Crippen LogP contribution in [0.15, 0.2) is 18.6 Å². The van der Waals surface area contributed by atoms with Gasteiger partial charge in [0.05, 0.1) is 24.7 Å². The number of ether oxygens (including phenoxy) is 1. The summed E-state index contributed by atoms with van der Waals surface area (Å²) in [4.78, 5) is 22.8. The maximum absolute atomic E-state index is 11.8. The van der Waals surface area contributed by atoms with Gasteiger partial charge in [0.25, 0.3) is 0 Å². The van der Waals surface area contributed by atoms with Gasteiger partial charge in [-0.3, -0.25) is 0 Å². The van der Waals surface area contributed by atoms with E-state index in [-0.39, 0.29) is 6.10 Å². The van der Waals surface area contributed by atoms with Gasteiger partial charge in [-0.15, -0.1) is 0 Å². The van der Waals surface area contributed by atoms with Crippen LogP contribution in [0.2, 0.25) is 0 Å². The molecular formula is C24H35N7O3S. The van der Waals surface area contributed by atoms with E-state index in [1.165, 1.54) is 10.6 Å². The highest BCUT2D eigenvalue weighted by molar-refractivity contribution is 7.88. The van der Waals surface area contributed by atoms with Crippen molar-refractivity contribution in [1.82, 2.24) is 24.2 Å². The molecule has 0 spiro atoms. The second kappa shape index (κ2) is 10.3. The van der Waals surface area contributed by atoms with Crippen LogP contribution < -0.4 is 9.80 Å². The van der Waals surface area contributed by atoms with Crippen LogP contribution in [0, 0.1) is 5.92 Å². The highest BCUT2D eigenvalue weighted by Crippen LogP contribution is 2.26. The van der Waals surface area contributed by atoms with Gasteiger partial charge in [-0.1, -0.05) is 6.92 Å². The molecule has 5 heterocycles. The van der Waals surface area contributed by atoms with Crippen molar-refractivity contribution < 1.29 is 13.2 Å². The van der Waals surface area contributed by atoms with Gasteiger partial charge in [0.1, 0.15) is 0 Å². The highest BCUT2D eigenvalue weighted by Gasteiger charge is 2.29. The van der Waals surface area contributed by atoms with E-state index in [1.54, 1.807) is 6.20 Å². The van der Waals surface area contributed by atoms with Crippen LogP contribution in [0.25, 0.3) is 0 Å². The molecule has 1 atom stereocenters. The maximum Gasteiger partial charge on any atom is 0.225 e. The average molecular weight is 502 g/mol. The summed E-state index contributed by atoms with van der Waals surface area (Å²) in [5.41, 5.74) is 3.04. The van der Waals surface area contributed by atoms with Gasteiger partial charge in [-0.05, 0) is 31.2 Å². The molecule has 1 unspecified atom stereocenters. The molecule has 0 amide bonds. The summed E-state index contributed by atoms with van der Waals surface area (Å²) in [6.45, 7) is 7.38. The molecule has 2 saturated heterocycles. The van der Waals surface area contributed by atoms with Crippen LogP contribution in [0.1, 0.15) is 43.0 Å². The SMILES string of the molecule is CCc1cnc(N2CCC(OCC3CCN(c4ncc5c(n4)CCN(S(C)(=O)=O)C5)C3)CC2)nc1. The molecule has 190 valence electrons. The molecule has 0 N–H and O–H groups in total. The Bertz CT molecular complexity index is 1120. The number of aryl methyl sites for hydroxylation is 1. The number of nitrogens with zero attached hydrogens (tertiary/aromatic N) is 7. The van der Waals surface area contributed by atoms with Crippen molar-refractivity contribution in [1.29, 1.82) is 0 Å². The van der Waals surface area contributed by atoms with Gasteiger partial charge in [0, 0.05) is 75.8 Å². The lowest BCUT2D eigenvalue weighted by Crippen LogP contribution is -2.38. The molecular weight excluding hydrogens is 466 g/mol. The smallest absolute Gasteiger partial charge is 0.225 e. The molecule has 5 rings (SSSR count). The fraction of sp³-hybridized carbons (Fsp3) is 0.667. The Hall–Kier alpha value is -2.37. The highest BCUT2D eigenvalue weighted by atomic mass is 32.2. The first-order chi connectivity index (χ1) is 16.9. The topological polar surface area (TPSA) is 105 Å². The van der Waals surface area contributed by atoms with Gasteiger partial charge >= 0.3 is 0 Å². The minimum absolute atomic E-state index is 0.285. The largest absolute Gasteiger partial charge is 0.378 e. The zero-order valence-corrected chi connectivity index (χ0v) is 21.5. The first-order valence-electron chi connectivity index (χ1n) is 12.6. The van der Waals surface area contributed by atoms with E-state index in [2.05, 4.69) is 31.7 Å². The van der Waals surface area contributed by atoms with Crippen molar-refractivity contribution in [2.24, 2.45) is 5.92 Å². The molecule has 0 bridgehead atoms. The first-order valence-corrected chi connectivity index (χ1v) is 14.5. The van der Waals surface area contributed by atoms with Gasteiger partial charge < -0.3 is 14.5 Å². The average Bonchev–Trinajstić information content (AvgIpc) is 3.36. The van der Waals surface area contributed by atoms with E-state index >= 15 is 0 Å². The molecule has 0 aliphatic carbocycles. The van der Waals surface area contributed by atoms with Crippen LogP contribution in [0.4, 0.5) is 11.9 Å². The lowest BCUT2D eigenvalue weighted by Gasteiger charge is -2.32. The summed E-state index contributed by atoms with van der Waals surface area (Å²) in [6.07, 6.45) is 11.8. The predicted octanol–water partition coefficient (Wildman–Crippen LogP) is 1.66. The lowest BCUT2D eigenvalue weighted by atomic mass is 10.1. The summed E-state index contributed by atoms with van der Waals surface area (Å²) < 4.78 is 31.5. The van der Waals surface area contributed by atoms with E-state index in [4.69, 9.17) is 9.72 Å². The van der Waals surface area contributed by atoms with Crippen molar-refractivity contribution in [3.8, 4) is 0 Å². The normalized spacial score (nSPS) is 21.9. The van der Waals surface area contributed by atoms with Gasteiger partial charge in [-0.25, -0.2) is 28.4 Å². The molecule has 35 heavy (non-hydrogen) atoms. The second-order valence-corrected chi connectivity index (χ2v) is 11.8. The molecule has 0 saturated carbocycles. The van der Waals surface area contributed by atoms with Crippen LogP contribution in [0.3, 0.4) is 0 Å². The van der Waals surface area contributed by atoms with Crippen LogP contribution in [-0.4, -0.2) is 84.3 Å². The van der Waals surface area contributed by atoms with Crippen molar-refractivity contribution in [2.45, 2.75) is 51.7 Å². The lowest BCUT2D eigenvalue weighted by molar-refractivity contribution is 0.0188. The van der Waals surface area contributed by atoms with Crippen molar-refractivity contribution in [3.63, 3.8) is 0 Å². The molecule has 10 nitrogen and oxygen atoms in total. The maximum atomic E-state index is 11.8. The van der Waals surface area contributed by atoms with E-state index in [0.717, 1.165) is 87.2 Å². The van der Waals surface area contributed by atoms with Gasteiger partial charge in [-0.2, -0.15) is 4.31 Å². The van der Waals surface area contributed by atoms with E-state index in [0.29, 0.717) is 25.4 Å². The van der Waals surface area contributed by atoms with Gasteiger partial charge in [0.2, 0.25) is 21.9 Å². The Labute approximate surface area is 207 Å². The molecule has 0 radical (unpaired) electrons. The summed E-state index contributed by atoms with van der Waals surface area (Å²) in [5, 5.41) is 0. The monoisotopic (exact) mass is 501 g/mol. The minimum Gasteiger partial charge on any atom is -0.378 e. The predicted molar refractivity (Wildman–Crippen MR) is 134 cm³/mol. The zero-order valence-electron chi connectivity index (χ0n) is 20.6. The standard InChI is InChI=1S/C24H35N7O3S/c1-3-18-12-25-23(26-13-18)29-9-5-21(6-10-29)34-17-19-4-8-30(15-19)24-27-14-20-16-31(35(2,32)33)11-7-22(20)28-24/h12-14,19,21H,3-11,15-17H2,1-2H3. The Balaban J connectivity index is 1.08. The number of rotatable bonds is 7. The van der Waals surface area contributed by atoms with Crippen LogP contribution in [-0.2, 0) is 34.1 Å². The number of anilines is 2. The number of piperidine rings is 1. The van der Waals surface area contributed by atoms with Gasteiger partial charge in [0.15, 0.2) is 0 Å². The summed E-state index contributed by atoms with van der Waals surface area (Å²) in [6, 6.07) is 0. The Morgan fingerprint density at radius 2 is 1.69 bits per heavy atom. The quantitative estimate of drug-likeness (QED) is 0.560. The van der Waals surface area contributed by atoms with Crippen molar-refractivity contribution in [3.05, 3.63) is 35.4 Å². The number of hydrogen-bond donors (Lipinski definition) is 0. The number of aromatic nitrogens is 4. The number of fused-ring (bicyclic) bond motifs is 1. The third-order valence-corrected chi connectivity index (χ3v) is 8.57. The van der Waals surface area contributed by atoms with E-state index in [9.17, 15) is 8.42 Å². The summed E-state index contributed by atoms with van der Waals surface area (Å²) in [5.74, 6) is 2.04. The van der Waals surface area contributed by atoms with Crippen molar-refractivity contribution >= 4 is 21.9 Å². The van der Waals surface area contributed by atoms with Crippen LogP contribution in [0.5, 0.6) is 0 Å². The molecule has 2 fully saturated rings. The number of hydrogen-bond acceptors (Lipinski definition) is 9. The first kappa shape index (κ1) is 24.3. The third-order valence-electron chi connectivity index (χ3n) is 7.32. The Morgan fingerprint density at radius 3 is 2.40 bits per heavy atom. The van der Waals surface area contributed by atoms with E-state index in [1.807, 2.05) is 12.4 Å². The fourth-order valence-electron chi connectivity index (χ4n) is 5.05. The molecule has 11 heteroatoms. The third kappa shape index (κ3) is 5.73. The van der Waals surface area contributed by atoms with Crippen molar-refractivity contribution in [2.75, 3.05) is 55.4 Å². The fourth-order valence-corrected chi connectivity index (χ4v) is 5.85. The molecule has 2 aromatic heterocycles. The molecule has 3 aliphatic heterocycles. The number of sulfonamides is 1. The molecule has 2 aromatic rings. The zero-order chi connectivity index (χ0) is 24.4. The summed E-state index contributed by atoms with van der Waals surface area (Å²) in [7, 11) is -3.19. The Kier molecular flexibility index (Phi) is 7.17. The summed E-state index contributed by atoms with van der Waals surface area (Å²) >= 11 is 0. The second-order valence-electron chi connectivity index (χ2n) is 9.85. The van der Waals surface area contributed by atoms with Crippen LogP contribution >= 0.6 is 0 Å².